The van der Waals surface area contributed by atoms with E-state index in [1.165, 1.54) is 0 Å². The number of nitrogens with zero attached hydrogens (tertiary/aromatic N) is 2. The van der Waals surface area contributed by atoms with Crippen molar-refractivity contribution < 1.29 is 0 Å². The summed E-state index contributed by atoms with van der Waals surface area (Å²) in [5.74, 6) is 1.22. The fraction of sp³-hybridized carbons (Fsp3) is 0.231. The molecule has 0 spiro atoms. The lowest BCUT2D eigenvalue weighted by Crippen LogP contribution is -1.97. The Hall–Kier alpha value is -2.30. The maximum absolute atomic E-state index is 5.97. The Kier molecular flexibility index (Phi) is 2.33. The van der Waals surface area contributed by atoms with Crippen molar-refractivity contribution in [3.63, 3.8) is 0 Å². The van der Waals surface area contributed by atoms with Crippen molar-refractivity contribution in [3.05, 3.63) is 23.8 Å². The Labute approximate surface area is 104 Å². The van der Waals surface area contributed by atoms with Crippen molar-refractivity contribution >= 4 is 33.7 Å². The lowest BCUT2D eigenvalue weighted by Gasteiger charge is -2.03. The lowest BCUT2D eigenvalue weighted by atomic mass is 10.1. The van der Waals surface area contributed by atoms with E-state index < -0.39 is 0 Å². The number of nitrogens with two attached hydrogens (primary N) is 1. The van der Waals surface area contributed by atoms with Crippen molar-refractivity contribution in [1.29, 1.82) is 0 Å². The Balaban J connectivity index is 2.43. The van der Waals surface area contributed by atoms with Gasteiger partial charge in [-0.05, 0) is 25.5 Å². The topological polar surface area (TPSA) is 79.6 Å². The van der Waals surface area contributed by atoms with Crippen LogP contribution in [0.2, 0.25) is 0 Å². The van der Waals surface area contributed by atoms with E-state index in [-0.39, 0.29) is 0 Å². The molecule has 3 rings (SSSR count). The van der Waals surface area contributed by atoms with Crippen LogP contribution in [-0.4, -0.2) is 21.5 Å². The average molecular weight is 241 g/mol. The minimum atomic E-state index is 0.486. The molecule has 0 saturated carbocycles. The number of fused-ring (bicyclic) bond motifs is 3. The van der Waals surface area contributed by atoms with E-state index in [0.717, 1.165) is 40.0 Å². The summed E-state index contributed by atoms with van der Waals surface area (Å²) >= 11 is 0. The van der Waals surface area contributed by atoms with Crippen LogP contribution in [-0.2, 0) is 0 Å². The van der Waals surface area contributed by atoms with Gasteiger partial charge >= 0.3 is 0 Å². The molecule has 0 amide bonds. The summed E-state index contributed by atoms with van der Waals surface area (Å²) in [6, 6.07) is 5.99. The third-order valence-electron chi connectivity index (χ3n) is 3.03. The summed E-state index contributed by atoms with van der Waals surface area (Å²) in [4.78, 5) is 12.2. The number of pyridine rings is 1. The van der Waals surface area contributed by atoms with Gasteiger partial charge in [0.1, 0.15) is 16.9 Å². The maximum Gasteiger partial charge on any atom is 0.201 e. The highest BCUT2D eigenvalue weighted by molar-refractivity contribution is 6.08. The van der Waals surface area contributed by atoms with Gasteiger partial charge in [0.05, 0.1) is 5.52 Å². The molecule has 5 nitrogen and oxygen atoms in total. The predicted octanol–water partition coefficient (Wildman–Crippen LogP) is 2.43. The Morgan fingerprint density at radius 3 is 2.94 bits per heavy atom. The fourth-order valence-corrected chi connectivity index (χ4v) is 2.23. The van der Waals surface area contributed by atoms with E-state index in [2.05, 4.69) is 33.3 Å². The summed E-state index contributed by atoms with van der Waals surface area (Å²) in [5, 5.41) is 4.22. The molecule has 3 aromatic rings. The first-order chi connectivity index (χ1) is 8.70. The number of hydrogen-bond acceptors (Lipinski definition) is 4. The number of H-pyrrole nitrogens is 1. The predicted molar refractivity (Wildman–Crippen MR) is 74.7 cm³/mol. The number of anilines is 2. The number of nitrogen functional groups attached to an aromatic ring is 1. The molecule has 0 aliphatic rings. The van der Waals surface area contributed by atoms with Crippen LogP contribution in [0.1, 0.15) is 12.5 Å². The van der Waals surface area contributed by atoms with Crippen LogP contribution < -0.4 is 11.1 Å². The molecule has 0 fully saturated rings. The first kappa shape index (κ1) is 10.8. The van der Waals surface area contributed by atoms with Gasteiger partial charge in [0, 0.05) is 11.9 Å². The van der Waals surface area contributed by atoms with Crippen LogP contribution in [0.3, 0.4) is 0 Å². The van der Waals surface area contributed by atoms with E-state index in [1.54, 1.807) is 0 Å². The first-order valence-corrected chi connectivity index (χ1v) is 5.99. The molecule has 0 aliphatic carbocycles. The van der Waals surface area contributed by atoms with Crippen molar-refractivity contribution in [3.8, 4) is 0 Å². The molecule has 0 saturated heterocycles. The van der Waals surface area contributed by atoms with Gasteiger partial charge < -0.3 is 16.0 Å². The van der Waals surface area contributed by atoms with Gasteiger partial charge in [-0.3, -0.25) is 0 Å². The van der Waals surface area contributed by atoms with Gasteiger partial charge in [0.2, 0.25) is 5.95 Å². The van der Waals surface area contributed by atoms with Crippen LogP contribution >= 0.6 is 0 Å². The second-order valence-electron chi connectivity index (χ2n) is 4.31. The average Bonchev–Trinajstić information content (AvgIpc) is 2.74. The molecule has 0 bridgehead atoms. The lowest BCUT2D eigenvalue weighted by molar-refractivity contribution is 1.14. The number of aryl methyl sites for hydroxylation is 1. The molecular weight excluding hydrogens is 226 g/mol. The quantitative estimate of drug-likeness (QED) is 0.643. The zero-order valence-electron chi connectivity index (χ0n) is 10.4. The fourth-order valence-electron chi connectivity index (χ4n) is 2.23. The van der Waals surface area contributed by atoms with Gasteiger partial charge in [-0.25, -0.2) is 9.97 Å². The first-order valence-electron chi connectivity index (χ1n) is 5.99. The third kappa shape index (κ3) is 1.48. The van der Waals surface area contributed by atoms with Crippen LogP contribution in [0.15, 0.2) is 18.2 Å². The summed E-state index contributed by atoms with van der Waals surface area (Å²) in [6.45, 7) is 4.89. The highest BCUT2D eigenvalue weighted by atomic mass is 15.1. The molecular formula is C13H15N5. The molecule has 5 heteroatoms. The second kappa shape index (κ2) is 3.87. The molecule has 0 atom stereocenters. The van der Waals surface area contributed by atoms with Crippen molar-refractivity contribution in [1.82, 2.24) is 15.0 Å². The summed E-state index contributed by atoms with van der Waals surface area (Å²) < 4.78 is 0. The maximum atomic E-state index is 5.97. The largest absolute Gasteiger partial charge is 0.382 e. The highest BCUT2D eigenvalue weighted by Gasteiger charge is 2.12. The Morgan fingerprint density at radius 1 is 1.33 bits per heavy atom. The van der Waals surface area contributed by atoms with Gasteiger partial charge in [-0.1, -0.05) is 12.1 Å². The molecule has 2 aromatic heterocycles. The van der Waals surface area contributed by atoms with E-state index >= 15 is 0 Å². The second-order valence-corrected chi connectivity index (χ2v) is 4.31. The van der Waals surface area contributed by atoms with Gasteiger partial charge in [-0.15, -0.1) is 0 Å². The van der Waals surface area contributed by atoms with Gasteiger partial charge in [0.15, 0.2) is 0 Å². The number of hydrogen-bond donors (Lipinski definition) is 3. The van der Waals surface area contributed by atoms with E-state index in [9.17, 15) is 0 Å². The van der Waals surface area contributed by atoms with Gasteiger partial charge in [-0.2, -0.15) is 0 Å². The van der Waals surface area contributed by atoms with Crippen molar-refractivity contribution in [2.24, 2.45) is 0 Å². The minimum absolute atomic E-state index is 0.486. The van der Waals surface area contributed by atoms with Crippen LogP contribution in [0.4, 0.5) is 11.8 Å². The van der Waals surface area contributed by atoms with Crippen LogP contribution in [0.5, 0.6) is 0 Å². The standard InChI is InChI=1S/C13H15N5/c1-3-15-13-17-10-9-7(2)5-4-6-8(9)16-12(14)11(10)18-13/h4-6H,3H2,1-2H3,(H2,14,16)(H2,15,17,18). The number of imidazole rings is 1. The molecule has 1 aromatic carbocycles. The molecule has 2 heterocycles. The molecule has 18 heavy (non-hydrogen) atoms. The SMILES string of the molecule is CCNc1nc2c([nH]1)c(N)nc1cccc(C)c12. The van der Waals surface area contributed by atoms with Crippen molar-refractivity contribution in [2.45, 2.75) is 13.8 Å². The van der Waals surface area contributed by atoms with E-state index in [0.29, 0.717) is 5.82 Å². The van der Waals surface area contributed by atoms with Crippen LogP contribution in [0.25, 0.3) is 21.9 Å². The highest BCUT2D eigenvalue weighted by Crippen LogP contribution is 2.29. The zero-order chi connectivity index (χ0) is 12.7. The summed E-state index contributed by atoms with van der Waals surface area (Å²) in [6.07, 6.45) is 0. The number of nitrogens with one attached hydrogen (secondary N) is 2. The monoisotopic (exact) mass is 241 g/mol. The Bertz CT molecular complexity index is 729. The number of aromatic nitrogens is 3. The molecule has 92 valence electrons. The number of benzene rings is 1. The molecule has 0 aliphatic heterocycles. The summed E-state index contributed by atoms with van der Waals surface area (Å²) in [5.41, 5.74) is 9.69. The Morgan fingerprint density at radius 2 is 2.17 bits per heavy atom. The minimum Gasteiger partial charge on any atom is -0.382 e. The van der Waals surface area contributed by atoms with E-state index in [1.807, 2.05) is 19.1 Å². The van der Waals surface area contributed by atoms with Crippen LogP contribution in [0, 0.1) is 6.92 Å². The summed E-state index contributed by atoms with van der Waals surface area (Å²) in [7, 11) is 0. The number of rotatable bonds is 2. The third-order valence-corrected chi connectivity index (χ3v) is 3.03. The van der Waals surface area contributed by atoms with Crippen molar-refractivity contribution in [2.75, 3.05) is 17.6 Å². The normalized spacial score (nSPS) is 11.2. The smallest absolute Gasteiger partial charge is 0.201 e. The molecule has 0 unspecified atom stereocenters. The number of aromatic amines is 1. The molecule has 0 radical (unpaired) electrons. The van der Waals surface area contributed by atoms with E-state index in [4.69, 9.17) is 5.73 Å². The zero-order valence-corrected chi connectivity index (χ0v) is 10.4. The van der Waals surface area contributed by atoms with Gasteiger partial charge in [0.25, 0.3) is 0 Å². The molecule has 4 N–H and O–H groups in total.